The smallest absolute Gasteiger partial charge is 0.0127 e. The van der Waals surface area contributed by atoms with E-state index >= 15 is 0 Å². The summed E-state index contributed by atoms with van der Waals surface area (Å²) in [6.07, 6.45) is 15.0. The molecule has 0 aromatic carbocycles. The third-order valence-electron chi connectivity index (χ3n) is 6.47. The van der Waals surface area contributed by atoms with Crippen molar-refractivity contribution in [1.29, 1.82) is 0 Å². The van der Waals surface area contributed by atoms with Gasteiger partial charge in [0.15, 0.2) is 0 Å². The Bertz CT molecular complexity index is 356. The maximum atomic E-state index is 2.85. The van der Waals surface area contributed by atoms with Gasteiger partial charge in [0, 0.05) is 38.8 Å². The van der Waals surface area contributed by atoms with Crippen molar-refractivity contribution in [3.05, 3.63) is 12.2 Å². The molecule has 2 saturated carbocycles. The van der Waals surface area contributed by atoms with Crippen LogP contribution in [0.4, 0.5) is 0 Å². The predicted molar refractivity (Wildman–Crippen MR) is 83.7 cm³/mol. The van der Waals surface area contributed by atoms with Crippen LogP contribution >= 0.6 is 0 Å². The van der Waals surface area contributed by atoms with E-state index in [0.717, 1.165) is 23.8 Å². The molecule has 4 atom stereocenters. The Morgan fingerprint density at radius 3 is 2.45 bits per heavy atom. The SMILES string of the molecule is C1=CC[C@@H](CN2CCN([C@H]3C[C@@H]4CC[C@@H]3C4)CC2)CC1. The van der Waals surface area contributed by atoms with Gasteiger partial charge in [0.2, 0.25) is 0 Å². The van der Waals surface area contributed by atoms with Crippen molar-refractivity contribution in [3.63, 3.8) is 0 Å². The molecule has 3 fully saturated rings. The molecule has 20 heavy (non-hydrogen) atoms. The van der Waals surface area contributed by atoms with Crippen molar-refractivity contribution in [2.45, 2.75) is 51.0 Å². The minimum atomic E-state index is 0.939. The lowest BCUT2D eigenvalue weighted by molar-refractivity contribution is 0.0631. The molecule has 3 aliphatic carbocycles. The highest BCUT2D eigenvalue weighted by molar-refractivity contribution is 4.97. The van der Waals surface area contributed by atoms with Gasteiger partial charge in [-0.15, -0.1) is 0 Å². The molecular formula is C18H30N2. The summed E-state index contributed by atoms with van der Waals surface area (Å²) in [6, 6.07) is 0.966. The summed E-state index contributed by atoms with van der Waals surface area (Å²) in [6.45, 7) is 6.70. The van der Waals surface area contributed by atoms with E-state index in [4.69, 9.17) is 0 Å². The van der Waals surface area contributed by atoms with E-state index < -0.39 is 0 Å². The molecule has 1 heterocycles. The first-order chi connectivity index (χ1) is 9.88. The standard InChI is InChI=1S/C18H30N2/c1-2-4-15(5-3-1)14-19-8-10-20(11-9-19)18-13-16-6-7-17(18)12-16/h1-2,15-18H,3-14H2/t15-,16-,17-,18+/m1/s1. The molecule has 0 spiro atoms. The second-order valence-electron chi connectivity index (χ2n) is 7.73. The summed E-state index contributed by atoms with van der Waals surface area (Å²) >= 11 is 0. The normalized spacial score (nSPS) is 42.4. The highest BCUT2D eigenvalue weighted by Gasteiger charge is 2.42. The molecule has 2 bridgehead atoms. The maximum Gasteiger partial charge on any atom is 0.0127 e. The largest absolute Gasteiger partial charge is 0.301 e. The average molecular weight is 274 g/mol. The zero-order valence-electron chi connectivity index (χ0n) is 12.8. The first-order valence-electron chi connectivity index (χ1n) is 9.00. The van der Waals surface area contributed by atoms with E-state index in [9.17, 15) is 0 Å². The molecule has 0 radical (unpaired) electrons. The number of hydrogen-bond acceptors (Lipinski definition) is 2. The molecule has 112 valence electrons. The number of piperazine rings is 1. The molecule has 0 unspecified atom stereocenters. The third kappa shape index (κ3) is 2.69. The average Bonchev–Trinajstić information content (AvgIpc) is 3.12. The zero-order valence-corrected chi connectivity index (χ0v) is 12.8. The fourth-order valence-corrected chi connectivity index (χ4v) is 5.32. The van der Waals surface area contributed by atoms with Crippen LogP contribution in [0, 0.1) is 17.8 Å². The van der Waals surface area contributed by atoms with Gasteiger partial charge in [-0.25, -0.2) is 0 Å². The molecule has 4 aliphatic rings. The van der Waals surface area contributed by atoms with E-state index in [1.165, 1.54) is 71.2 Å². The Morgan fingerprint density at radius 2 is 1.80 bits per heavy atom. The van der Waals surface area contributed by atoms with E-state index in [1.807, 2.05) is 0 Å². The van der Waals surface area contributed by atoms with Crippen molar-refractivity contribution < 1.29 is 0 Å². The van der Waals surface area contributed by atoms with Gasteiger partial charge in [0.25, 0.3) is 0 Å². The highest BCUT2D eigenvalue weighted by atomic mass is 15.3. The lowest BCUT2D eigenvalue weighted by Gasteiger charge is -2.42. The lowest BCUT2D eigenvalue weighted by Crippen LogP contribution is -2.52. The summed E-state index contributed by atoms with van der Waals surface area (Å²) in [5.74, 6) is 3.10. The van der Waals surface area contributed by atoms with Crippen molar-refractivity contribution in [3.8, 4) is 0 Å². The number of fused-ring (bicyclic) bond motifs is 2. The Labute approximate surface area is 124 Å². The van der Waals surface area contributed by atoms with Crippen LogP contribution in [0.2, 0.25) is 0 Å². The molecule has 0 amide bonds. The topological polar surface area (TPSA) is 6.48 Å². The number of rotatable bonds is 3. The van der Waals surface area contributed by atoms with Crippen LogP contribution in [0.1, 0.15) is 44.9 Å². The fraction of sp³-hybridized carbons (Fsp3) is 0.889. The van der Waals surface area contributed by atoms with Crippen LogP contribution < -0.4 is 0 Å². The van der Waals surface area contributed by atoms with Crippen molar-refractivity contribution >= 4 is 0 Å². The van der Waals surface area contributed by atoms with Crippen molar-refractivity contribution in [2.75, 3.05) is 32.7 Å². The van der Waals surface area contributed by atoms with Gasteiger partial charge in [-0.1, -0.05) is 18.6 Å². The number of nitrogens with zero attached hydrogens (tertiary/aromatic N) is 2. The molecule has 0 aromatic rings. The van der Waals surface area contributed by atoms with Crippen LogP contribution in [0.15, 0.2) is 12.2 Å². The zero-order chi connectivity index (χ0) is 13.4. The van der Waals surface area contributed by atoms with Gasteiger partial charge >= 0.3 is 0 Å². The monoisotopic (exact) mass is 274 g/mol. The van der Waals surface area contributed by atoms with Crippen molar-refractivity contribution in [1.82, 2.24) is 9.80 Å². The van der Waals surface area contributed by atoms with Crippen LogP contribution in [0.3, 0.4) is 0 Å². The minimum absolute atomic E-state index is 0.939. The highest BCUT2D eigenvalue weighted by Crippen LogP contribution is 2.46. The Kier molecular flexibility index (Phi) is 3.87. The molecule has 1 aliphatic heterocycles. The van der Waals surface area contributed by atoms with Crippen LogP contribution in [-0.2, 0) is 0 Å². The van der Waals surface area contributed by atoms with Gasteiger partial charge < -0.3 is 4.90 Å². The molecular weight excluding hydrogens is 244 g/mol. The number of allylic oxidation sites excluding steroid dienone is 2. The third-order valence-corrected chi connectivity index (χ3v) is 6.47. The molecule has 1 saturated heterocycles. The predicted octanol–water partition coefficient (Wildman–Crippen LogP) is 3.15. The van der Waals surface area contributed by atoms with Gasteiger partial charge in [-0.3, -0.25) is 4.90 Å². The molecule has 0 N–H and O–H groups in total. The lowest BCUT2D eigenvalue weighted by atomic mass is 9.92. The fourth-order valence-electron chi connectivity index (χ4n) is 5.32. The summed E-state index contributed by atoms with van der Waals surface area (Å²) < 4.78 is 0. The first kappa shape index (κ1) is 13.3. The molecule has 4 rings (SSSR count). The molecule has 0 aromatic heterocycles. The van der Waals surface area contributed by atoms with E-state index in [2.05, 4.69) is 22.0 Å². The second kappa shape index (κ2) is 5.81. The summed E-state index contributed by atoms with van der Waals surface area (Å²) in [5, 5.41) is 0. The van der Waals surface area contributed by atoms with E-state index in [1.54, 1.807) is 6.42 Å². The van der Waals surface area contributed by atoms with E-state index in [0.29, 0.717) is 0 Å². The Morgan fingerprint density at radius 1 is 0.900 bits per heavy atom. The van der Waals surface area contributed by atoms with Gasteiger partial charge in [0.1, 0.15) is 0 Å². The van der Waals surface area contributed by atoms with Crippen LogP contribution in [0.25, 0.3) is 0 Å². The maximum absolute atomic E-state index is 2.85. The van der Waals surface area contributed by atoms with E-state index in [-0.39, 0.29) is 0 Å². The van der Waals surface area contributed by atoms with Crippen molar-refractivity contribution in [2.24, 2.45) is 17.8 Å². The summed E-state index contributed by atoms with van der Waals surface area (Å²) in [4.78, 5) is 5.59. The molecule has 2 heteroatoms. The Hall–Kier alpha value is -0.340. The van der Waals surface area contributed by atoms with Gasteiger partial charge in [-0.05, 0) is 56.3 Å². The van der Waals surface area contributed by atoms with Crippen LogP contribution in [0.5, 0.6) is 0 Å². The quantitative estimate of drug-likeness (QED) is 0.730. The minimum Gasteiger partial charge on any atom is -0.301 e. The second-order valence-corrected chi connectivity index (χ2v) is 7.73. The summed E-state index contributed by atoms with van der Waals surface area (Å²) in [5.41, 5.74) is 0. The van der Waals surface area contributed by atoms with Crippen LogP contribution in [-0.4, -0.2) is 48.6 Å². The number of hydrogen-bond donors (Lipinski definition) is 0. The van der Waals surface area contributed by atoms with Gasteiger partial charge in [-0.2, -0.15) is 0 Å². The molecule has 2 nitrogen and oxygen atoms in total. The first-order valence-corrected chi connectivity index (χ1v) is 9.00. The Balaban J connectivity index is 1.25. The summed E-state index contributed by atoms with van der Waals surface area (Å²) in [7, 11) is 0. The van der Waals surface area contributed by atoms with Gasteiger partial charge in [0.05, 0.1) is 0 Å².